The van der Waals surface area contributed by atoms with Crippen LogP contribution in [0.4, 0.5) is 10.1 Å². The molecular formula is C16H14FNO3. The minimum Gasteiger partial charge on any atom is -0.480 e. The number of anilines is 1. The maximum absolute atomic E-state index is 13.0. The van der Waals surface area contributed by atoms with Crippen LogP contribution in [-0.2, 0) is 4.79 Å². The Morgan fingerprint density at radius 3 is 2.14 bits per heavy atom. The summed E-state index contributed by atoms with van der Waals surface area (Å²) in [6.45, 7) is 1.41. The molecule has 2 aromatic rings. The summed E-state index contributed by atoms with van der Waals surface area (Å²) in [6.07, 6.45) is 0. The van der Waals surface area contributed by atoms with Crippen LogP contribution in [0.2, 0.25) is 0 Å². The fourth-order valence-corrected chi connectivity index (χ4v) is 1.95. The minimum atomic E-state index is -1.14. The van der Waals surface area contributed by atoms with Crippen LogP contribution in [0.3, 0.4) is 0 Å². The number of amides is 1. The molecule has 0 unspecified atom stereocenters. The van der Waals surface area contributed by atoms with Gasteiger partial charge in [0.1, 0.15) is 11.9 Å². The number of rotatable bonds is 4. The fourth-order valence-electron chi connectivity index (χ4n) is 1.95. The van der Waals surface area contributed by atoms with Crippen LogP contribution in [0.25, 0.3) is 0 Å². The molecule has 0 saturated heterocycles. The third-order valence-electron chi connectivity index (χ3n) is 3.09. The highest BCUT2D eigenvalue weighted by atomic mass is 19.1. The van der Waals surface area contributed by atoms with Gasteiger partial charge >= 0.3 is 5.97 Å². The van der Waals surface area contributed by atoms with Gasteiger partial charge in [-0.2, -0.15) is 0 Å². The van der Waals surface area contributed by atoms with Crippen LogP contribution in [0.1, 0.15) is 17.3 Å². The average molecular weight is 287 g/mol. The van der Waals surface area contributed by atoms with E-state index in [-0.39, 0.29) is 0 Å². The molecule has 0 bridgehead atoms. The Labute approximate surface area is 121 Å². The second-order valence-corrected chi connectivity index (χ2v) is 4.53. The summed E-state index contributed by atoms with van der Waals surface area (Å²) >= 11 is 0. The number of benzene rings is 2. The van der Waals surface area contributed by atoms with E-state index in [2.05, 4.69) is 0 Å². The van der Waals surface area contributed by atoms with Gasteiger partial charge in [0.15, 0.2) is 0 Å². The van der Waals surface area contributed by atoms with E-state index in [1.165, 1.54) is 31.2 Å². The largest absolute Gasteiger partial charge is 0.480 e. The molecule has 2 aromatic carbocycles. The average Bonchev–Trinajstić information content (AvgIpc) is 2.50. The normalized spacial score (nSPS) is 11.7. The topological polar surface area (TPSA) is 57.6 Å². The third-order valence-corrected chi connectivity index (χ3v) is 3.09. The second kappa shape index (κ2) is 6.17. The quantitative estimate of drug-likeness (QED) is 0.940. The number of halogens is 1. The van der Waals surface area contributed by atoms with Gasteiger partial charge in [0.05, 0.1) is 0 Å². The first-order valence-electron chi connectivity index (χ1n) is 6.37. The molecule has 0 aliphatic rings. The van der Waals surface area contributed by atoms with Gasteiger partial charge in [-0.05, 0) is 43.3 Å². The van der Waals surface area contributed by atoms with Crippen LogP contribution < -0.4 is 4.90 Å². The molecule has 1 N–H and O–H groups in total. The molecule has 1 amide bonds. The Morgan fingerprint density at radius 1 is 1.05 bits per heavy atom. The van der Waals surface area contributed by atoms with Gasteiger partial charge in [-0.15, -0.1) is 0 Å². The molecule has 0 fully saturated rings. The number of carboxylic acids is 1. The molecule has 0 aliphatic carbocycles. The minimum absolute atomic E-state index is 0.333. The zero-order chi connectivity index (χ0) is 15.4. The number of carboxylic acid groups (broad SMARTS) is 1. The lowest BCUT2D eigenvalue weighted by Gasteiger charge is -2.26. The number of nitrogens with zero attached hydrogens (tertiary/aromatic N) is 1. The van der Waals surface area contributed by atoms with Crippen LogP contribution in [0.15, 0.2) is 54.6 Å². The van der Waals surface area contributed by atoms with Crippen molar-refractivity contribution in [2.45, 2.75) is 13.0 Å². The Kier molecular flexibility index (Phi) is 4.33. The van der Waals surface area contributed by atoms with E-state index in [1.54, 1.807) is 30.3 Å². The molecule has 0 aromatic heterocycles. The Bertz CT molecular complexity index is 640. The number of aliphatic carboxylic acids is 1. The van der Waals surface area contributed by atoms with Gasteiger partial charge in [-0.25, -0.2) is 9.18 Å². The molecule has 1 atom stereocenters. The van der Waals surface area contributed by atoms with Crippen molar-refractivity contribution in [3.63, 3.8) is 0 Å². The predicted molar refractivity (Wildman–Crippen MR) is 76.7 cm³/mol. The van der Waals surface area contributed by atoms with Crippen molar-refractivity contribution in [3.8, 4) is 0 Å². The van der Waals surface area contributed by atoms with E-state index in [9.17, 15) is 19.1 Å². The Balaban J connectivity index is 2.44. The van der Waals surface area contributed by atoms with E-state index >= 15 is 0 Å². The molecule has 0 saturated carbocycles. The van der Waals surface area contributed by atoms with Crippen molar-refractivity contribution < 1.29 is 19.1 Å². The zero-order valence-electron chi connectivity index (χ0n) is 11.4. The molecule has 2 rings (SSSR count). The molecule has 108 valence electrons. The maximum atomic E-state index is 13.0. The van der Waals surface area contributed by atoms with Gasteiger partial charge in [0, 0.05) is 11.3 Å². The maximum Gasteiger partial charge on any atom is 0.326 e. The molecular weight excluding hydrogens is 273 g/mol. The van der Waals surface area contributed by atoms with Gasteiger partial charge in [0.2, 0.25) is 0 Å². The van der Waals surface area contributed by atoms with E-state index in [1.807, 2.05) is 0 Å². The Hall–Kier alpha value is -2.69. The van der Waals surface area contributed by atoms with Crippen LogP contribution in [0, 0.1) is 5.82 Å². The molecule has 0 spiro atoms. The lowest BCUT2D eigenvalue weighted by atomic mass is 10.1. The molecule has 0 heterocycles. The first-order chi connectivity index (χ1) is 10.0. The third kappa shape index (κ3) is 3.25. The van der Waals surface area contributed by atoms with Gasteiger partial charge in [-0.1, -0.05) is 18.2 Å². The van der Waals surface area contributed by atoms with E-state index in [0.717, 1.165) is 4.90 Å². The highest BCUT2D eigenvalue weighted by molar-refractivity contribution is 6.09. The smallest absolute Gasteiger partial charge is 0.326 e. The summed E-state index contributed by atoms with van der Waals surface area (Å²) in [6, 6.07) is 12.4. The molecule has 21 heavy (non-hydrogen) atoms. The van der Waals surface area contributed by atoms with Crippen molar-refractivity contribution in [1.82, 2.24) is 0 Å². The standard InChI is InChI=1S/C16H14FNO3/c1-11(16(20)21)18(14-9-7-13(17)8-10-14)15(19)12-5-3-2-4-6-12/h2-11H,1H3,(H,20,21)/t11-/m0/s1. The first-order valence-corrected chi connectivity index (χ1v) is 6.37. The number of carbonyl (C=O) groups is 2. The zero-order valence-corrected chi connectivity index (χ0v) is 11.4. The van der Waals surface area contributed by atoms with Gasteiger partial charge in [0.25, 0.3) is 5.91 Å². The van der Waals surface area contributed by atoms with Crippen molar-refractivity contribution in [2.75, 3.05) is 4.90 Å². The fraction of sp³-hybridized carbons (Fsp3) is 0.125. The lowest BCUT2D eigenvalue weighted by Crippen LogP contribution is -2.43. The number of hydrogen-bond acceptors (Lipinski definition) is 2. The van der Waals surface area contributed by atoms with Crippen LogP contribution in [-0.4, -0.2) is 23.0 Å². The number of hydrogen-bond donors (Lipinski definition) is 1. The van der Waals surface area contributed by atoms with Crippen LogP contribution in [0.5, 0.6) is 0 Å². The number of carbonyl (C=O) groups excluding carboxylic acids is 1. The second-order valence-electron chi connectivity index (χ2n) is 4.53. The SMILES string of the molecule is C[C@@H](C(=O)O)N(C(=O)c1ccccc1)c1ccc(F)cc1. The summed E-state index contributed by atoms with van der Waals surface area (Å²) in [4.78, 5) is 24.9. The Morgan fingerprint density at radius 2 is 1.62 bits per heavy atom. The highest BCUT2D eigenvalue weighted by Crippen LogP contribution is 2.21. The lowest BCUT2D eigenvalue weighted by molar-refractivity contribution is -0.138. The summed E-state index contributed by atoms with van der Waals surface area (Å²) in [5.74, 6) is -2.03. The van der Waals surface area contributed by atoms with E-state index in [0.29, 0.717) is 11.3 Å². The van der Waals surface area contributed by atoms with Crippen molar-refractivity contribution in [1.29, 1.82) is 0 Å². The summed E-state index contributed by atoms with van der Waals surface area (Å²) in [5, 5.41) is 9.20. The van der Waals surface area contributed by atoms with E-state index in [4.69, 9.17) is 0 Å². The van der Waals surface area contributed by atoms with E-state index < -0.39 is 23.7 Å². The molecule has 0 aliphatic heterocycles. The molecule has 0 radical (unpaired) electrons. The van der Waals surface area contributed by atoms with Crippen molar-refractivity contribution >= 4 is 17.6 Å². The van der Waals surface area contributed by atoms with Gasteiger partial charge in [-0.3, -0.25) is 9.69 Å². The van der Waals surface area contributed by atoms with Crippen LogP contribution >= 0.6 is 0 Å². The highest BCUT2D eigenvalue weighted by Gasteiger charge is 2.27. The van der Waals surface area contributed by atoms with Crippen molar-refractivity contribution in [3.05, 3.63) is 66.0 Å². The molecule has 5 heteroatoms. The summed E-state index contributed by atoms with van der Waals surface area (Å²) in [7, 11) is 0. The first kappa shape index (κ1) is 14.7. The predicted octanol–water partition coefficient (Wildman–Crippen LogP) is 2.95. The summed E-state index contributed by atoms with van der Waals surface area (Å²) in [5.41, 5.74) is 0.704. The summed E-state index contributed by atoms with van der Waals surface area (Å²) < 4.78 is 13.0. The molecule has 4 nitrogen and oxygen atoms in total. The monoisotopic (exact) mass is 287 g/mol. The van der Waals surface area contributed by atoms with Crippen molar-refractivity contribution in [2.24, 2.45) is 0 Å². The van der Waals surface area contributed by atoms with Gasteiger partial charge < -0.3 is 5.11 Å².